The highest BCUT2D eigenvalue weighted by Crippen LogP contribution is 2.25. The molecule has 2 aliphatic heterocycles. The molecule has 1 aromatic carbocycles. The molecule has 0 radical (unpaired) electrons. The number of aromatic nitrogens is 3. The van der Waals surface area contributed by atoms with Crippen LogP contribution in [0.4, 0.5) is 0 Å². The molecule has 6 heteroatoms. The average Bonchev–Trinajstić information content (AvgIpc) is 3.02. The predicted octanol–water partition coefficient (Wildman–Crippen LogP) is 2.59. The highest BCUT2D eigenvalue weighted by Gasteiger charge is 2.25. The topological polar surface area (TPSA) is 55.2 Å². The van der Waals surface area contributed by atoms with Crippen molar-refractivity contribution in [3.8, 4) is 5.75 Å². The van der Waals surface area contributed by atoms with Crippen LogP contribution in [0.25, 0.3) is 0 Å². The third-order valence-corrected chi connectivity index (χ3v) is 5.64. The molecule has 27 heavy (non-hydrogen) atoms. The van der Waals surface area contributed by atoms with Gasteiger partial charge < -0.3 is 14.6 Å². The number of piperidine rings is 1. The summed E-state index contributed by atoms with van der Waals surface area (Å²) in [5, 5.41) is 12.6. The van der Waals surface area contributed by atoms with Gasteiger partial charge in [-0.05, 0) is 31.9 Å². The molecule has 1 fully saturated rings. The Labute approximate surface area is 161 Å². The Morgan fingerprint density at radius 1 is 1.19 bits per heavy atom. The minimum atomic E-state index is 0.509. The molecule has 1 N–H and O–H groups in total. The van der Waals surface area contributed by atoms with Crippen LogP contribution in [-0.4, -0.2) is 52.5 Å². The largest absolute Gasteiger partial charge is 0.493 e. The maximum Gasteiger partial charge on any atom is 0.137 e. The van der Waals surface area contributed by atoms with E-state index in [4.69, 9.17) is 4.74 Å². The molecule has 1 saturated heterocycles. The van der Waals surface area contributed by atoms with E-state index in [9.17, 15) is 0 Å². The highest BCUT2D eigenvalue weighted by molar-refractivity contribution is 5.33. The van der Waals surface area contributed by atoms with Gasteiger partial charge in [0.2, 0.25) is 0 Å². The Morgan fingerprint density at radius 3 is 2.96 bits per heavy atom. The van der Waals surface area contributed by atoms with Gasteiger partial charge in [0, 0.05) is 50.6 Å². The number of hydrogen-bond acceptors (Lipinski definition) is 5. The van der Waals surface area contributed by atoms with E-state index in [1.807, 2.05) is 0 Å². The van der Waals surface area contributed by atoms with E-state index < -0.39 is 0 Å². The Bertz CT molecular complexity index is 738. The Hall–Kier alpha value is -1.92. The second-order valence-electron chi connectivity index (χ2n) is 7.65. The summed E-state index contributed by atoms with van der Waals surface area (Å²) in [6, 6.07) is 8.44. The van der Waals surface area contributed by atoms with E-state index in [0.717, 1.165) is 70.3 Å². The molecule has 146 valence electrons. The predicted molar refractivity (Wildman–Crippen MR) is 106 cm³/mol. The van der Waals surface area contributed by atoms with Crippen molar-refractivity contribution in [2.45, 2.75) is 51.6 Å². The van der Waals surface area contributed by atoms with Gasteiger partial charge in [-0.25, -0.2) is 0 Å². The fourth-order valence-electron chi connectivity index (χ4n) is 4.15. The van der Waals surface area contributed by atoms with Crippen LogP contribution in [0, 0.1) is 0 Å². The zero-order valence-corrected chi connectivity index (χ0v) is 16.4. The van der Waals surface area contributed by atoms with Crippen LogP contribution >= 0.6 is 0 Å². The summed E-state index contributed by atoms with van der Waals surface area (Å²) in [4.78, 5) is 2.52. The van der Waals surface area contributed by atoms with Crippen molar-refractivity contribution >= 4 is 0 Å². The van der Waals surface area contributed by atoms with Crippen LogP contribution in [0.3, 0.4) is 0 Å². The molecule has 0 saturated carbocycles. The lowest BCUT2D eigenvalue weighted by Crippen LogP contribution is -2.31. The van der Waals surface area contributed by atoms with Crippen molar-refractivity contribution in [3.63, 3.8) is 0 Å². The molecular formula is C21H31N5O. The summed E-state index contributed by atoms with van der Waals surface area (Å²) < 4.78 is 8.33. The van der Waals surface area contributed by atoms with Crippen LogP contribution in [-0.2, 0) is 19.5 Å². The molecule has 3 heterocycles. The summed E-state index contributed by atoms with van der Waals surface area (Å²) in [6.45, 7) is 9.03. The maximum absolute atomic E-state index is 5.94. The fourth-order valence-corrected chi connectivity index (χ4v) is 4.15. The third kappa shape index (κ3) is 4.33. The van der Waals surface area contributed by atoms with E-state index in [0.29, 0.717) is 5.92 Å². The average molecular weight is 370 g/mol. The van der Waals surface area contributed by atoms with Gasteiger partial charge in [-0.15, -0.1) is 10.2 Å². The molecule has 6 nitrogen and oxygen atoms in total. The minimum absolute atomic E-state index is 0.509. The van der Waals surface area contributed by atoms with Gasteiger partial charge in [0.1, 0.15) is 17.4 Å². The van der Waals surface area contributed by atoms with Crippen molar-refractivity contribution in [2.75, 3.05) is 32.8 Å². The lowest BCUT2D eigenvalue weighted by Gasteiger charge is -2.23. The molecule has 0 aliphatic carbocycles. The first kappa shape index (κ1) is 18.4. The van der Waals surface area contributed by atoms with E-state index in [1.54, 1.807) is 0 Å². The number of nitrogens with zero attached hydrogens (tertiary/aromatic N) is 4. The first-order valence-electron chi connectivity index (χ1n) is 10.4. The van der Waals surface area contributed by atoms with Gasteiger partial charge in [0.25, 0.3) is 0 Å². The number of ether oxygens (including phenoxy) is 1. The van der Waals surface area contributed by atoms with Crippen LogP contribution in [0.5, 0.6) is 5.75 Å². The van der Waals surface area contributed by atoms with Gasteiger partial charge in [0.05, 0.1) is 6.61 Å². The van der Waals surface area contributed by atoms with E-state index >= 15 is 0 Å². The number of benzene rings is 1. The number of hydrogen-bond donors (Lipinski definition) is 1. The fraction of sp³-hybridized carbons (Fsp3) is 0.619. The summed E-state index contributed by atoms with van der Waals surface area (Å²) in [5.74, 6) is 3.87. The van der Waals surface area contributed by atoms with Crippen LogP contribution in [0.1, 0.15) is 49.3 Å². The Kier molecular flexibility index (Phi) is 6.04. The van der Waals surface area contributed by atoms with Crippen molar-refractivity contribution in [1.29, 1.82) is 0 Å². The maximum atomic E-state index is 5.94. The second kappa shape index (κ2) is 8.85. The highest BCUT2D eigenvalue weighted by atomic mass is 16.5. The molecule has 1 aromatic heterocycles. The first-order chi connectivity index (χ1) is 13.3. The standard InChI is InChI=1S/C21H31N5O/c1-2-14-27-19-8-4-3-6-18(19)16-25-11-9-20-23-24-21(26(20)13-12-25)17-7-5-10-22-15-17/h3-4,6,8,17,22H,2,5,7,9-16H2,1H3. The SMILES string of the molecule is CCCOc1ccccc1CN1CCc2nnc(C3CCCNC3)n2CC1. The summed E-state index contributed by atoms with van der Waals surface area (Å²) >= 11 is 0. The molecule has 0 spiro atoms. The molecular weight excluding hydrogens is 338 g/mol. The van der Waals surface area contributed by atoms with Crippen LogP contribution < -0.4 is 10.1 Å². The first-order valence-corrected chi connectivity index (χ1v) is 10.4. The normalized spacial score (nSPS) is 20.9. The monoisotopic (exact) mass is 369 g/mol. The van der Waals surface area contributed by atoms with Gasteiger partial charge in [-0.3, -0.25) is 4.90 Å². The summed E-state index contributed by atoms with van der Waals surface area (Å²) in [7, 11) is 0. The second-order valence-corrected chi connectivity index (χ2v) is 7.65. The van der Waals surface area contributed by atoms with Gasteiger partial charge >= 0.3 is 0 Å². The minimum Gasteiger partial charge on any atom is -0.493 e. The Balaban J connectivity index is 1.43. The van der Waals surface area contributed by atoms with E-state index in [2.05, 4.69) is 56.2 Å². The summed E-state index contributed by atoms with van der Waals surface area (Å²) in [6.07, 6.45) is 4.45. The van der Waals surface area contributed by atoms with E-state index in [1.165, 1.54) is 24.2 Å². The molecule has 1 unspecified atom stereocenters. The number of fused-ring (bicyclic) bond motifs is 1. The van der Waals surface area contributed by atoms with Crippen molar-refractivity contribution < 1.29 is 4.74 Å². The van der Waals surface area contributed by atoms with Crippen molar-refractivity contribution in [1.82, 2.24) is 25.0 Å². The van der Waals surface area contributed by atoms with Crippen LogP contribution in [0.15, 0.2) is 24.3 Å². The summed E-state index contributed by atoms with van der Waals surface area (Å²) in [5.41, 5.74) is 1.28. The molecule has 0 amide bonds. The molecule has 1 atom stereocenters. The smallest absolute Gasteiger partial charge is 0.137 e. The number of rotatable bonds is 6. The Morgan fingerprint density at radius 2 is 2.11 bits per heavy atom. The van der Waals surface area contributed by atoms with E-state index in [-0.39, 0.29) is 0 Å². The zero-order chi connectivity index (χ0) is 18.5. The lowest BCUT2D eigenvalue weighted by molar-refractivity contribution is 0.258. The quantitative estimate of drug-likeness (QED) is 0.848. The third-order valence-electron chi connectivity index (χ3n) is 5.64. The van der Waals surface area contributed by atoms with Gasteiger partial charge in [0.15, 0.2) is 0 Å². The van der Waals surface area contributed by atoms with Crippen molar-refractivity contribution in [2.24, 2.45) is 0 Å². The molecule has 0 bridgehead atoms. The number of nitrogens with one attached hydrogen (secondary N) is 1. The zero-order valence-electron chi connectivity index (χ0n) is 16.4. The molecule has 2 aliphatic rings. The van der Waals surface area contributed by atoms with Crippen molar-refractivity contribution in [3.05, 3.63) is 41.5 Å². The number of para-hydroxylation sites is 1. The molecule has 4 rings (SSSR count). The van der Waals surface area contributed by atoms with Gasteiger partial charge in [-0.1, -0.05) is 25.1 Å². The van der Waals surface area contributed by atoms with Gasteiger partial charge in [-0.2, -0.15) is 0 Å². The lowest BCUT2D eigenvalue weighted by atomic mass is 9.99. The molecule has 2 aromatic rings. The van der Waals surface area contributed by atoms with Crippen LogP contribution in [0.2, 0.25) is 0 Å².